The van der Waals surface area contributed by atoms with Crippen LogP contribution in [0.2, 0.25) is 10.0 Å². The molecule has 0 unspecified atom stereocenters. The molecule has 1 aliphatic heterocycles. The van der Waals surface area contributed by atoms with Gasteiger partial charge in [0.2, 0.25) is 5.95 Å². The number of nitrogens with zero attached hydrogens (tertiary/aromatic N) is 5. The van der Waals surface area contributed by atoms with Gasteiger partial charge in [-0.1, -0.05) is 52.6 Å². The van der Waals surface area contributed by atoms with E-state index in [-0.39, 0.29) is 0 Å². The van der Waals surface area contributed by atoms with E-state index in [9.17, 15) is 0 Å². The highest BCUT2D eigenvalue weighted by Crippen LogP contribution is 2.29. The lowest BCUT2D eigenvalue weighted by Gasteiger charge is -2.21. The maximum absolute atomic E-state index is 6.30. The zero-order valence-corrected chi connectivity index (χ0v) is 15.6. The average Bonchev–Trinajstić information content (AvgIpc) is 3.34. The van der Waals surface area contributed by atoms with Gasteiger partial charge in [-0.05, 0) is 47.0 Å². The summed E-state index contributed by atoms with van der Waals surface area (Å²) in [7, 11) is 0. The van der Waals surface area contributed by atoms with Gasteiger partial charge < -0.3 is 10.2 Å². The van der Waals surface area contributed by atoms with Gasteiger partial charge in [-0.15, -0.1) is 0 Å². The Morgan fingerprint density at radius 3 is 2.58 bits per heavy atom. The zero-order valence-electron chi connectivity index (χ0n) is 14.1. The fourth-order valence-corrected chi connectivity index (χ4v) is 3.59. The summed E-state index contributed by atoms with van der Waals surface area (Å²) in [5.41, 5.74) is 3.11. The minimum atomic E-state index is 0.419. The monoisotopic (exact) mass is 388 g/mol. The van der Waals surface area contributed by atoms with E-state index in [0.717, 1.165) is 13.1 Å². The second kappa shape index (κ2) is 7.51. The molecule has 134 valence electrons. The van der Waals surface area contributed by atoms with Gasteiger partial charge in [0, 0.05) is 25.3 Å². The Bertz CT molecular complexity index is 904. The molecule has 2 aromatic carbocycles. The highest BCUT2D eigenvalue weighted by atomic mass is 35.5. The minimum Gasteiger partial charge on any atom is -0.371 e. The summed E-state index contributed by atoms with van der Waals surface area (Å²) in [6, 6.07) is 13.8. The Balaban J connectivity index is 1.57. The number of hydrogen-bond acceptors (Lipinski definition) is 5. The Morgan fingerprint density at radius 1 is 0.962 bits per heavy atom. The molecule has 0 aliphatic carbocycles. The third-order valence-corrected chi connectivity index (χ3v) is 5.31. The Morgan fingerprint density at radius 2 is 1.73 bits per heavy atom. The smallest absolute Gasteiger partial charge is 0.248 e. The summed E-state index contributed by atoms with van der Waals surface area (Å²) in [5.74, 6) is 0.519. The molecule has 0 spiro atoms. The summed E-state index contributed by atoms with van der Waals surface area (Å²) >= 11 is 12.4. The van der Waals surface area contributed by atoms with Crippen molar-refractivity contribution >= 4 is 34.8 Å². The summed E-state index contributed by atoms with van der Waals surface area (Å²) in [5, 5.41) is 16.1. The van der Waals surface area contributed by atoms with Crippen LogP contribution in [0.25, 0.3) is 5.69 Å². The molecule has 0 bridgehead atoms. The van der Waals surface area contributed by atoms with Gasteiger partial charge in [0.15, 0.2) is 0 Å². The van der Waals surface area contributed by atoms with E-state index in [4.69, 9.17) is 23.2 Å². The minimum absolute atomic E-state index is 0.419. The summed E-state index contributed by atoms with van der Waals surface area (Å²) in [6.45, 7) is 2.82. The molecular formula is C18H18Cl2N6. The molecule has 4 rings (SSSR count). The Kier molecular flexibility index (Phi) is 4.95. The molecule has 2 heterocycles. The predicted molar refractivity (Wildman–Crippen MR) is 104 cm³/mol. The van der Waals surface area contributed by atoms with Crippen LogP contribution in [0.15, 0.2) is 42.5 Å². The van der Waals surface area contributed by atoms with Gasteiger partial charge in [0.05, 0.1) is 15.7 Å². The van der Waals surface area contributed by atoms with Crippen molar-refractivity contribution in [1.82, 2.24) is 20.2 Å². The van der Waals surface area contributed by atoms with Gasteiger partial charge in [0.25, 0.3) is 0 Å². The molecule has 0 atom stereocenters. The lowest BCUT2D eigenvalue weighted by molar-refractivity contribution is 0.789. The molecule has 6 nitrogen and oxygen atoms in total. The van der Waals surface area contributed by atoms with Gasteiger partial charge in [-0.3, -0.25) is 0 Å². The SMILES string of the molecule is Clc1cccc(-n2nnnc2NCc2ccccc2N2CCCC2)c1Cl. The number of benzene rings is 2. The number of tetrazole rings is 1. The van der Waals surface area contributed by atoms with E-state index in [1.54, 1.807) is 10.7 Å². The molecule has 1 saturated heterocycles. The number of hydrogen-bond donors (Lipinski definition) is 1. The zero-order chi connectivity index (χ0) is 17.9. The number of halogens is 2. The van der Waals surface area contributed by atoms with Crippen molar-refractivity contribution < 1.29 is 0 Å². The Hall–Kier alpha value is -2.31. The van der Waals surface area contributed by atoms with Crippen LogP contribution in [0.3, 0.4) is 0 Å². The maximum atomic E-state index is 6.30. The van der Waals surface area contributed by atoms with Crippen LogP contribution in [0.5, 0.6) is 0 Å². The lowest BCUT2D eigenvalue weighted by atomic mass is 10.1. The van der Waals surface area contributed by atoms with Crippen LogP contribution in [-0.4, -0.2) is 33.3 Å². The van der Waals surface area contributed by atoms with Crippen molar-refractivity contribution in [1.29, 1.82) is 0 Å². The standard InChI is InChI=1S/C18H18Cl2N6/c19-14-7-5-9-16(17(14)20)26-18(22-23-24-26)21-12-13-6-1-2-8-15(13)25-10-3-4-11-25/h1-2,5-9H,3-4,10-12H2,(H,21,22,24). The third-order valence-electron chi connectivity index (χ3n) is 4.50. The highest BCUT2D eigenvalue weighted by molar-refractivity contribution is 6.43. The summed E-state index contributed by atoms with van der Waals surface area (Å²) in [6.07, 6.45) is 2.49. The van der Waals surface area contributed by atoms with E-state index in [2.05, 4.69) is 43.9 Å². The van der Waals surface area contributed by atoms with E-state index in [0.29, 0.717) is 28.2 Å². The highest BCUT2D eigenvalue weighted by Gasteiger charge is 2.17. The number of nitrogens with one attached hydrogen (secondary N) is 1. The van der Waals surface area contributed by atoms with Gasteiger partial charge in [0.1, 0.15) is 0 Å². The number of rotatable bonds is 5. The topological polar surface area (TPSA) is 58.9 Å². The number of anilines is 2. The molecule has 3 aromatic rings. The van der Waals surface area contributed by atoms with Gasteiger partial charge in [-0.2, -0.15) is 4.68 Å². The van der Waals surface area contributed by atoms with E-state index >= 15 is 0 Å². The summed E-state index contributed by atoms with van der Waals surface area (Å²) in [4.78, 5) is 2.42. The molecule has 0 radical (unpaired) electrons. The Labute approximate surface area is 161 Å². The second-order valence-electron chi connectivity index (χ2n) is 6.16. The molecule has 26 heavy (non-hydrogen) atoms. The number of para-hydroxylation sites is 1. The lowest BCUT2D eigenvalue weighted by Crippen LogP contribution is -2.20. The van der Waals surface area contributed by atoms with Crippen LogP contribution in [-0.2, 0) is 6.54 Å². The molecule has 0 amide bonds. The maximum Gasteiger partial charge on any atom is 0.248 e. The largest absolute Gasteiger partial charge is 0.371 e. The normalized spacial score (nSPS) is 14.0. The van der Waals surface area contributed by atoms with Crippen molar-refractivity contribution in [2.45, 2.75) is 19.4 Å². The fraction of sp³-hybridized carbons (Fsp3) is 0.278. The quantitative estimate of drug-likeness (QED) is 0.710. The van der Waals surface area contributed by atoms with Crippen LogP contribution in [0.4, 0.5) is 11.6 Å². The molecule has 1 aliphatic rings. The van der Waals surface area contributed by atoms with Crippen molar-refractivity contribution in [2.24, 2.45) is 0 Å². The van der Waals surface area contributed by atoms with Crippen LogP contribution in [0.1, 0.15) is 18.4 Å². The van der Waals surface area contributed by atoms with Crippen LogP contribution < -0.4 is 10.2 Å². The van der Waals surface area contributed by atoms with Crippen molar-refractivity contribution in [3.63, 3.8) is 0 Å². The van der Waals surface area contributed by atoms with E-state index < -0.39 is 0 Å². The van der Waals surface area contributed by atoms with Crippen molar-refractivity contribution in [3.05, 3.63) is 58.1 Å². The predicted octanol–water partition coefficient (Wildman–Crippen LogP) is 4.18. The first-order valence-corrected chi connectivity index (χ1v) is 9.29. The summed E-state index contributed by atoms with van der Waals surface area (Å²) < 4.78 is 1.56. The second-order valence-corrected chi connectivity index (χ2v) is 6.95. The first kappa shape index (κ1) is 17.1. The molecule has 1 aromatic heterocycles. The van der Waals surface area contributed by atoms with Gasteiger partial charge in [-0.25, -0.2) is 0 Å². The first-order valence-electron chi connectivity index (χ1n) is 8.53. The van der Waals surface area contributed by atoms with E-state index in [1.807, 2.05) is 18.2 Å². The molecule has 1 N–H and O–H groups in total. The number of aromatic nitrogens is 4. The molecule has 0 saturated carbocycles. The van der Waals surface area contributed by atoms with Crippen LogP contribution in [0, 0.1) is 0 Å². The fourth-order valence-electron chi connectivity index (χ4n) is 3.22. The van der Waals surface area contributed by atoms with Crippen molar-refractivity contribution in [3.8, 4) is 5.69 Å². The van der Waals surface area contributed by atoms with Gasteiger partial charge >= 0.3 is 0 Å². The van der Waals surface area contributed by atoms with Crippen molar-refractivity contribution in [2.75, 3.05) is 23.3 Å². The van der Waals surface area contributed by atoms with E-state index in [1.165, 1.54) is 24.1 Å². The first-order chi connectivity index (χ1) is 12.7. The average molecular weight is 389 g/mol. The third kappa shape index (κ3) is 3.34. The van der Waals surface area contributed by atoms with Crippen LogP contribution >= 0.6 is 23.2 Å². The molecular weight excluding hydrogens is 371 g/mol. The molecule has 8 heteroatoms. The molecule has 1 fully saturated rings.